The van der Waals surface area contributed by atoms with Crippen LogP contribution in [0.1, 0.15) is 114 Å². The van der Waals surface area contributed by atoms with Crippen LogP contribution in [0, 0.1) is 33.5 Å². The van der Waals surface area contributed by atoms with Crippen LogP contribution in [0.15, 0.2) is 11.6 Å². The fourth-order valence-corrected chi connectivity index (χ4v) is 11.4. The topological polar surface area (TPSA) is 108 Å². The molecular formula is C34H50O8. The first-order valence-corrected chi connectivity index (χ1v) is 16.0. The van der Waals surface area contributed by atoms with Crippen molar-refractivity contribution in [2.75, 3.05) is 0 Å². The van der Waals surface area contributed by atoms with Crippen LogP contribution in [0.2, 0.25) is 0 Å². The van der Waals surface area contributed by atoms with Crippen molar-refractivity contribution in [3.05, 3.63) is 11.6 Å². The van der Waals surface area contributed by atoms with Gasteiger partial charge in [0.25, 0.3) is 0 Å². The highest BCUT2D eigenvalue weighted by Crippen LogP contribution is 2.77. The number of cyclic esters (lactones) is 1. The molecule has 0 aromatic rings. The second kappa shape index (κ2) is 8.83. The van der Waals surface area contributed by atoms with Crippen LogP contribution in [0.3, 0.4) is 0 Å². The van der Waals surface area contributed by atoms with Crippen molar-refractivity contribution in [3.63, 3.8) is 0 Å². The van der Waals surface area contributed by atoms with Crippen molar-refractivity contribution in [1.82, 2.24) is 0 Å². The molecule has 0 aromatic heterocycles. The van der Waals surface area contributed by atoms with E-state index in [2.05, 4.69) is 27.7 Å². The summed E-state index contributed by atoms with van der Waals surface area (Å²) >= 11 is 0. The van der Waals surface area contributed by atoms with Crippen LogP contribution in [0.25, 0.3) is 0 Å². The molecule has 6 rings (SSSR count). The van der Waals surface area contributed by atoms with E-state index in [1.54, 1.807) is 0 Å². The Morgan fingerprint density at radius 2 is 1.55 bits per heavy atom. The summed E-state index contributed by atoms with van der Waals surface area (Å²) in [6.07, 6.45) is 6.20. The number of fused-ring (bicyclic) bond motifs is 4. The van der Waals surface area contributed by atoms with Gasteiger partial charge in [-0.2, -0.15) is 0 Å². The molecule has 10 atom stereocenters. The summed E-state index contributed by atoms with van der Waals surface area (Å²) in [5, 5.41) is 13.0. The Morgan fingerprint density at radius 3 is 2.14 bits per heavy atom. The standard InChI is InChI=1S/C34H50O8/c1-19(35)39-24-13-15-30(7)22-18-26(40-20(2)36)34-27(37)42-32(9,25-12-14-28(3,4)41-25)33(34,38)17-16-31(34,8)21(22)10-11-23(30)29(24,5)6/h18,21,23-26,38H,10-17H2,1-9H3/t21-,23+,24+,25?,26+,30-,31+,32+,33+,34-/m1/s1. The normalized spacial score (nSPS) is 50.0. The fraction of sp³-hybridized carbons (Fsp3) is 0.853. The fourth-order valence-electron chi connectivity index (χ4n) is 11.4. The number of ether oxygens (including phenoxy) is 4. The zero-order valence-electron chi connectivity index (χ0n) is 26.9. The van der Waals surface area contributed by atoms with Crippen LogP contribution in [0.5, 0.6) is 0 Å². The molecule has 8 heteroatoms. The highest BCUT2D eigenvalue weighted by molar-refractivity contribution is 5.87. The Morgan fingerprint density at radius 1 is 0.881 bits per heavy atom. The molecule has 8 nitrogen and oxygen atoms in total. The lowest BCUT2D eigenvalue weighted by Gasteiger charge is -2.64. The lowest BCUT2D eigenvalue weighted by Crippen LogP contribution is -2.70. The van der Waals surface area contributed by atoms with Gasteiger partial charge in [0.15, 0.2) is 5.60 Å². The maximum atomic E-state index is 14.5. The molecule has 2 saturated heterocycles. The van der Waals surface area contributed by atoms with Gasteiger partial charge < -0.3 is 24.1 Å². The first-order valence-electron chi connectivity index (χ1n) is 16.0. The molecule has 4 aliphatic carbocycles. The van der Waals surface area contributed by atoms with Crippen molar-refractivity contribution in [2.45, 2.75) is 149 Å². The van der Waals surface area contributed by atoms with Gasteiger partial charge in [-0.15, -0.1) is 0 Å². The SMILES string of the molecule is CC(=O)O[C@H]1CC[C@]2(C)C3=C[C@H](OC(C)=O)[C@]45C(=O)O[C@@](C)(C6CCC(C)(C)O6)[C@@]4(O)CC[C@@]5(C)[C@@H]3CC[C@H]2C1(C)C. The van der Waals surface area contributed by atoms with Gasteiger partial charge in [0.1, 0.15) is 29.3 Å². The van der Waals surface area contributed by atoms with E-state index < -0.39 is 46.2 Å². The number of aliphatic hydroxyl groups is 1. The molecule has 1 unspecified atom stereocenters. The summed E-state index contributed by atoms with van der Waals surface area (Å²) in [6, 6.07) is 0. The van der Waals surface area contributed by atoms with E-state index in [0.29, 0.717) is 19.3 Å². The van der Waals surface area contributed by atoms with Gasteiger partial charge in [-0.1, -0.05) is 33.3 Å². The third-order valence-corrected chi connectivity index (χ3v) is 13.4. The average molecular weight is 587 g/mol. The van der Waals surface area contributed by atoms with E-state index >= 15 is 0 Å². The van der Waals surface area contributed by atoms with E-state index in [9.17, 15) is 19.5 Å². The summed E-state index contributed by atoms with van der Waals surface area (Å²) in [5.74, 6) is -0.979. The Balaban J connectivity index is 1.49. The molecule has 0 amide bonds. The summed E-state index contributed by atoms with van der Waals surface area (Å²) < 4.78 is 24.7. The van der Waals surface area contributed by atoms with Crippen molar-refractivity contribution < 1.29 is 38.4 Å². The minimum absolute atomic E-state index is 0.0106. The number of hydrogen-bond donors (Lipinski definition) is 1. The van der Waals surface area contributed by atoms with Gasteiger partial charge in [-0.05, 0) is 101 Å². The number of carbonyl (C=O) groups excluding carboxylic acids is 3. The molecule has 1 spiro atoms. The van der Waals surface area contributed by atoms with E-state index in [1.807, 2.05) is 26.8 Å². The van der Waals surface area contributed by atoms with Gasteiger partial charge in [0, 0.05) is 19.3 Å². The number of esters is 3. The molecule has 3 saturated carbocycles. The van der Waals surface area contributed by atoms with Crippen LogP contribution in [0.4, 0.5) is 0 Å². The second-order valence-electron chi connectivity index (χ2n) is 16.2. The lowest BCUT2D eigenvalue weighted by molar-refractivity contribution is -0.219. The Labute approximate surface area is 250 Å². The monoisotopic (exact) mass is 586 g/mol. The molecule has 6 aliphatic rings. The van der Waals surface area contributed by atoms with Gasteiger partial charge in [0.2, 0.25) is 0 Å². The number of rotatable bonds is 3. The third kappa shape index (κ3) is 3.45. The van der Waals surface area contributed by atoms with Crippen LogP contribution >= 0.6 is 0 Å². The zero-order chi connectivity index (χ0) is 30.9. The molecule has 1 N–H and O–H groups in total. The van der Waals surface area contributed by atoms with Gasteiger partial charge in [-0.3, -0.25) is 14.4 Å². The van der Waals surface area contributed by atoms with Gasteiger partial charge in [-0.25, -0.2) is 0 Å². The smallest absolute Gasteiger partial charge is 0.320 e. The zero-order valence-corrected chi connectivity index (χ0v) is 26.9. The van der Waals surface area contributed by atoms with Gasteiger partial charge in [0.05, 0.1) is 5.60 Å². The number of hydrogen-bond acceptors (Lipinski definition) is 8. The van der Waals surface area contributed by atoms with E-state index in [4.69, 9.17) is 18.9 Å². The highest BCUT2D eigenvalue weighted by Gasteiger charge is 2.88. The summed E-state index contributed by atoms with van der Waals surface area (Å²) in [4.78, 5) is 39.2. The number of carbonyl (C=O) groups is 3. The molecule has 0 radical (unpaired) electrons. The van der Waals surface area contributed by atoms with Crippen molar-refractivity contribution in [3.8, 4) is 0 Å². The molecule has 0 aromatic carbocycles. The van der Waals surface area contributed by atoms with Crippen LogP contribution in [-0.4, -0.2) is 58.1 Å². The minimum Gasteiger partial charge on any atom is -0.462 e. The van der Waals surface area contributed by atoms with E-state index in [0.717, 1.165) is 32.1 Å². The maximum absolute atomic E-state index is 14.5. The van der Waals surface area contributed by atoms with Crippen molar-refractivity contribution in [1.29, 1.82) is 0 Å². The van der Waals surface area contributed by atoms with Gasteiger partial charge >= 0.3 is 17.9 Å². The Kier molecular flexibility index (Phi) is 6.33. The predicted molar refractivity (Wildman–Crippen MR) is 154 cm³/mol. The van der Waals surface area contributed by atoms with E-state index in [-0.39, 0.29) is 40.3 Å². The Bertz CT molecular complexity index is 1250. The molecule has 2 aliphatic heterocycles. The minimum atomic E-state index is -1.58. The van der Waals surface area contributed by atoms with Crippen molar-refractivity contribution in [2.24, 2.45) is 33.5 Å². The number of allylic oxidation sites excluding steroid dienone is 1. The highest BCUT2D eigenvalue weighted by atomic mass is 16.6. The lowest BCUT2D eigenvalue weighted by atomic mass is 9.40. The summed E-state index contributed by atoms with van der Waals surface area (Å²) in [5.41, 5.74) is -4.65. The molecule has 5 fully saturated rings. The van der Waals surface area contributed by atoms with Crippen LogP contribution in [-0.2, 0) is 33.3 Å². The van der Waals surface area contributed by atoms with Crippen LogP contribution < -0.4 is 0 Å². The summed E-state index contributed by atoms with van der Waals surface area (Å²) in [6.45, 7) is 17.6. The molecular weight excluding hydrogens is 536 g/mol. The predicted octanol–water partition coefficient (Wildman–Crippen LogP) is 5.43. The maximum Gasteiger partial charge on any atom is 0.320 e. The quantitative estimate of drug-likeness (QED) is 0.265. The molecule has 0 bridgehead atoms. The van der Waals surface area contributed by atoms with Crippen molar-refractivity contribution >= 4 is 17.9 Å². The average Bonchev–Trinajstić information content (AvgIpc) is 3.42. The molecule has 234 valence electrons. The van der Waals surface area contributed by atoms with E-state index in [1.165, 1.54) is 19.4 Å². The summed E-state index contributed by atoms with van der Waals surface area (Å²) in [7, 11) is 0. The second-order valence-corrected chi connectivity index (χ2v) is 16.2. The molecule has 2 heterocycles. The largest absolute Gasteiger partial charge is 0.462 e. The Hall–Kier alpha value is -1.93. The third-order valence-electron chi connectivity index (χ3n) is 13.4. The molecule has 42 heavy (non-hydrogen) atoms. The first-order chi connectivity index (χ1) is 19.3. The first kappa shape index (κ1) is 30.1.